The molecule has 0 aliphatic carbocycles. The van der Waals surface area contributed by atoms with Gasteiger partial charge in [0.2, 0.25) is 5.91 Å². The van der Waals surface area contributed by atoms with Crippen molar-refractivity contribution >= 4 is 17.5 Å². The second-order valence-electron chi connectivity index (χ2n) is 5.49. The molecule has 0 radical (unpaired) electrons. The van der Waals surface area contributed by atoms with Crippen LogP contribution in [0.2, 0.25) is 0 Å². The molecule has 1 aliphatic heterocycles. The van der Waals surface area contributed by atoms with Crippen LogP contribution in [0.25, 0.3) is 0 Å². The fourth-order valence-electron chi connectivity index (χ4n) is 2.80. The maximum absolute atomic E-state index is 11.6. The molecule has 114 valence electrons. The predicted octanol–water partition coefficient (Wildman–Crippen LogP) is 2.34. The minimum Gasteiger partial charge on any atom is -0.342 e. The number of nitrogens with zero attached hydrogens (tertiary/aromatic N) is 4. The lowest BCUT2D eigenvalue weighted by molar-refractivity contribution is -0.130. The number of rotatable bonds is 3. The summed E-state index contributed by atoms with van der Waals surface area (Å²) in [5, 5.41) is 3.15. The molecule has 1 amide bonds. The smallest absolute Gasteiger partial charge is 0.219 e. The molecule has 6 heteroatoms. The van der Waals surface area contributed by atoms with Gasteiger partial charge in [0.1, 0.15) is 11.6 Å². The van der Waals surface area contributed by atoms with Crippen molar-refractivity contribution < 1.29 is 4.79 Å². The van der Waals surface area contributed by atoms with Crippen molar-refractivity contribution in [1.82, 2.24) is 19.9 Å². The molecular weight excluding hydrogens is 278 g/mol. The summed E-state index contributed by atoms with van der Waals surface area (Å²) in [6.45, 7) is 3.28. The molecular formula is C16H19N5O. The largest absolute Gasteiger partial charge is 0.342 e. The normalized spacial score (nSPS) is 18.0. The first-order valence-corrected chi connectivity index (χ1v) is 7.47. The Labute approximate surface area is 129 Å². The Hall–Kier alpha value is -2.50. The zero-order valence-corrected chi connectivity index (χ0v) is 12.6. The summed E-state index contributed by atoms with van der Waals surface area (Å²) in [5.74, 6) is 1.93. The molecule has 1 N–H and O–H groups in total. The lowest BCUT2D eigenvalue weighted by Crippen LogP contribution is -2.37. The van der Waals surface area contributed by atoms with Crippen LogP contribution < -0.4 is 5.32 Å². The van der Waals surface area contributed by atoms with Gasteiger partial charge >= 0.3 is 0 Å². The Morgan fingerprint density at radius 3 is 2.91 bits per heavy atom. The predicted molar refractivity (Wildman–Crippen MR) is 83.8 cm³/mol. The molecule has 1 fully saturated rings. The Bertz CT molecular complexity index is 646. The van der Waals surface area contributed by atoms with Crippen molar-refractivity contribution in [3.63, 3.8) is 0 Å². The van der Waals surface area contributed by atoms with E-state index in [1.54, 1.807) is 31.7 Å². The molecule has 0 bridgehead atoms. The van der Waals surface area contributed by atoms with Crippen LogP contribution in [-0.2, 0) is 4.79 Å². The second kappa shape index (κ2) is 6.51. The van der Waals surface area contributed by atoms with Crippen LogP contribution in [0, 0.1) is 0 Å². The minimum absolute atomic E-state index is 0.150. The molecule has 0 aromatic carbocycles. The summed E-state index contributed by atoms with van der Waals surface area (Å²) in [6.07, 6.45) is 8.86. The number of carbonyl (C=O) groups excluding carboxylic acids is 1. The second-order valence-corrected chi connectivity index (χ2v) is 5.49. The monoisotopic (exact) mass is 297 g/mol. The van der Waals surface area contributed by atoms with Gasteiger partial charge in [0.05, 0.1) is 6.20 Å². The molecule has 0 spiro atoms. The maximum Gasteiger partial charge on any atom is 0.219 e. The lowest BCUT2D eigenvalue weighted by atomic mass is 9.91. The third-order valence-corrected chi connectivity index (χ3v) is 3.94. The van der Waals surface area contributed by atoms with Crippen LogP contribution >= 0.6 is 0 Å². The molecule has 3 heterocycles. The van der Waals surface area contributed by atoms with Gasteiger partial charge in [-0.15, -0.1) is 0 Å². The number of hydrogen-bond donors (Lipinski definition) is 1. The van der Waals surface area contributed by atoms with Crippen molar-refractivity contribution in [3.8, 4) is 0 Å². The van der Waals surface area contributed by atoms with Crippen molar-refractivity contribution in [3.05, 3.63) is 42.5 Å². The third-order valence-electron chi connectivity index (χ3n) is 3.94. The Morgan fingerprint density at radius 2 is 2.14 bits per heavy atom. The van der Waals surface area contributed by atoms with Gasteiger partial charge in [0.25, 0.3) is 0 Å². The van der Waals surface area contributed by atoms with Gasteiger partial charge in [-0.2, -0.15) is 0 Å². The number of nitrogens with one attached hydrogen (secondary N) is 1. The van der Waals surface area contributed by atoms with Gasteiger partial charge in [-0.1, -0.05) is 0 Å². The summed E-state index contributed by atoms with van der Waals surface area (Å²) in [6, 6.07) is 4.05. The number of hydrogen-bond acceptors (Lipinski definition) is 5. The summed E-state index contributed by atoms with van der Waals surface area (Å²) < 4.78 is 0. The van der Waals surface area contributed by atoms with Gasteiger partial charge < -0.3 is 10.2 Å². The molecule has 2 aromatic rings. The molecule has 2 aromatic heterocycles. The Morgan fingerprint density at radius 1 is 1.27 bits per heavy atom. The zero-order chi connectivity index (χ0) is 15.4. The van der Waals surface area contributed by atoms with Crippen LogP contribution in [0.4, 0.5) is 11.6 Å². The van der Waals surface area contributed by atoms with E-state index in [1.165, 1.54) is 5.56 Å². The molecule has 22 heavy (non-hydrogen) atoms. The van der Waals surface area contributed by atoms with E-state index in [0.717, 1.165) is 31.7 Å². The molecule has 3 rings (SSSR count). The fourth-order valence-corrected chi connectivity index (χ4v) is 2.80. The van der Waals surface area contributed by atoms with Crippen molar-refractivity contribution in [2.45, 2.75) is 25.7 Å². The first-order valence-electron chi connectivity index (χ1n) is 7.47. The SMILES string of the molecule is CC(=O)N1CCCC(c2ccnc(Nc3cnccn3)c2)C1. The number of amides is 1. The average Bonchev–Trinajstić information content (AvgIpc) is 2.56. The highest BCUT2D eigenvalue weighted by Crippen LogP contribution is 2.28. The van der Waals surface area contributed by atoms with E-state index in [0.29, 0.717) is 11.7 Å². The van der Waals surface area contributed by atoms with Gasteiger partial charge in [-0.05, 0) is 30.5 Å². The van der Waals surface area contributed by atoms with Crippen molar-refractivity contribution in [1.29, 1.82) is 0 Å². The van der Waals surface area contributed by atoms with Crippen LogP contribution in [0.5, 0.6) is 0 Å². The number of likely N-dealkylation sites (tertiary alicyclic amines) is 1. The van der Waals surface area contributed by atoms with E-state index < -0.39 is 0 Å². The first kappa shape index (κ1) is 14.4. The number of pyridine rings is 1. The highest BCUT2D eigenvalue weighted by atomic mass is 16.2. The summed E-state index contributed by atoms with van der Waals surface area (Å²) in [4.78, 5) is 26.0. The van der Waals surface area contributed by atoms with E-state index in [1.807, 2.05) is 17.0 Å². The molecule has 1 aliphatic rings. The summed E-state index contributed by atoms with van der Waals surface area (Å²) in [5.41, 5.74) is 1.20. The fraction of sp³-hybridized carbons (Fsp3) is 0.375. The number of aromatic nitrogens is 3. The Balaban J connectivity index is 1.75. The van der Waals surface area contributed by atoms with E-state index in [2.05, 4.69) is 20.3 Å². The van der Waals surface area contributed by atoms with Crippen LogP contribution in [0.1, 0.15) is 31.2 Å². The molecule has 1 atom stereocenters. The Kier molecular flexibility index (Phi) is 4.27. The van der Waals surface area contributed by atoms with Gasteiger partial charge in [0, 0.05) is 44.5 Å². The van der Waals surface area contributed by atoms with E-state index >= 15 is 0 Å². The van der Waals surface area contributed by atoms with Gasteiger partial charge in [-0.3, -0.25) is 9.78 Å². The molecule has 1 saturated heterocycles. The highest BCUT2D eigenvalue weighted by Gasteiger charge is 2.23. The summed E-state index contributed by atoms with van der Waals surface area (Å²) in [7, 11) is 0. The van der Waals surface area contributed by atoms with Gasteiger partial charge in [0.15, 0.2) is 0 Å². The minimum atomic E-state index is 0.150. The van der Waals surface area contributed by atoms with Crippen LogP contribution in [-0.4, -0.2) is 38.8 Å². The number of carbonyl (C=O) groups is 1. The van der Waals surface area contributed by atoms with E-state index in [9.17, 15) is 4.79 Å². The van der Waals surface area contributed by atoms with E-state index in [4.69, 9.17) is 0 Å². The molecule has 0 saturated carbocycles. The van der Waals surface area contributed by atoms with Crippen LogP contribution in [0.3, 0.4) is 0 Å². The van der Waals surface area contributed by atoms with E-state index in [-0.39, 0.29) is 5.91 Å². The first-order chi connectivity index (χ1) is 10.7. The molecule has 6 nitrogen and oxygen atoms in total. The van der Waals surface area contributed by atoms with Crippen LogP contribution in [0.15, 0.2) is 36.9 Å². The molecule has 1 unspecified atom stereocenters. The average molecular weight is 297 g/mol. The number of piperidine rings is 1. The quantitative estimate of drug-likeness (QED) is 0.941. The maximum atomic E-state index is 11.6. The van der Waals surface area contributed by atoms with Crippen molar-refractivity contribution in [2.75, 3.05) is 18.4 Å². The highest BCUT2D eigenvalue weighted by molar-refractivity contribution is 5.73. The standard InChI is InChI=1S/C16H19N5O/c1-12(22)21-8-2-3-14(11-21)13-4-5-18-15(9-13)20-16-10-17-6-7-19-16/h4-7,9-10,14H,2-3,8,11H2,1H3,(H,18,19,20). The van der Waals surface area contributed by atoms with Crippen molar-refractivity contribution in [2.24, 2.45) is 0 Å². The van der Waals surface area contributed by atoms with Gasteiger partial charge in [-0.25, -0.2) is 9.97 Å². The lowest BCUT2D eigenvalue weighted by Gasteiger charge is -2.32. The topological polar surface area (TPSA) is 71.0 Å². The zero-order valence-electron chi connectivity index (χ0n) is 12.6. The third kappa shape index (κ3) is 3.39. The number of anilines is 2. The summed E-state index contributed by atoms with van der Waals surface area (Å²) >= 11 is 0.